The van der Waals surface area contributed by atoms with E-state index in [-0.39, 0.29) is 27.8 Å². The molecule has 2 rings (SSSR count). The van der Waals surface area contributed by atoms with Crippen molar-refractivity contribution in [2.75, 3.05) is 18.2 Å². The Morgan fingerprint density at radius 1 is 1.29 bits per heavy atom. The maximum absolute atomic E-state index is 13.5. The largest absolute Gasteiger partial charge is 0.495 e. The molecule has 0 saturated carbocycles. The van der Waals surface area contributed by atoms with Crippen LogP contribution in [0.4, 0.5) is 20.2 Å². The number of thioether (sulfide) groups is 1. The summed E-state index contributed by atoms with van der Waals surface area (Å²) in [6, 6.07) is 6.82. The SMILES string of the molecule is COc1ccc([N+](=O)[O-])cc1NC(=O)CSc1ccc(F)cc1F. The summed E-state index contributed by atoms with van der Waals surface area (Å²) >= 11 is 0.879. The molecule has 0 fully saturated rings. The number of ether oxygens (including phenoxy) is 1. The van der Waals surface area contributed by atoms with E-state index < -0.39 is 22.5 Å². The van der Waals surface area contributed by atoms with Gasteiger partial charge < -0.3 is 10.1 Å². The molecule has 0 unspecified atom stereocenters. The summed E-state index contributed by atoms with van der Waals surface area (Å²) in [6.45, 7) is 0. The number of anilines is 1. The highest BCUT2D eigenvalue weighted by molar-refractivity contribution is 8.00. The molecule has 24 heavy (non-hydrogen) atoms. The summed E-state index contributed by atoms with van der Waals surface area (Å²) < 4.78 is 31.4. The van der Waals surface area contributed by atoms with Crippen molar-refractivity contribution >= 4 is 29.0 Å². The number of hydrogen-bond donors (Lipinski definition) is 1. The van der Waals surface area contributed by atoms with Crippen LogP contribution >= 0.6 is 11.8 Å². The number of hydrogen-bond acceptors (Lipinski definition) is 5. The number of nitro benzene ring substituents is 1. The van der Waals surface area contributed by atoms with Gasteiger partial charge in [-0.15, -0.1) is 11.8 Å². The van der Waals surface area contributed by atoms with Crippen LogP contribution in [0.5, 0.6) is 5.75 Å². The number of carbonyl (C=O) groups excluding carboxylic acids is 1. The molecule has 0 heterocycles. The van der Waals surface area contributed by atoms with Crippen LogP contribution in [0, 0.1) is 21.7 Å². The number of non-ortho nitro benzene ring substituents is 1. The van der Waals surface area contributed by atoms with Crippen LogP contribution in [0.25, 0.3) is 0 Å². The summed E-state index contributed by atoms with van der Waals surface area (Å²) in [5.41, 5.74) is -0.0692. The lowest BCUT2D eigenvalue weighted by Gasteiger charge is -2.10. The second-order valence-electron chi connectivity index (χ2n) is 4.55. The first-order valence-electron chi connectivity index (χ1n) is 6.61. The van der Waals surface area contributed by atoms with Crippen molar-refractivity contribution in [2.24, 2.45) is 0 Å². The summed E-state index contributed by atoms with van der Waals surface area (Å²) in [5.74, 6) is -1.88. The second-order valence-corrected chi connectivity index (χ2v) is 5.57. The number of nitrogens with zero attached hydrogens (tertiary/aromatic N) is 1. The lowest BCUT2D eigenvalue weighted by molar-refractivity contribution is -0.384. The molecule has 0 radical (unpaired) electrons. The number of amides is 1. The van der Waals surface area contributed by atoms with E-state index in [0.717, 1.165) is 23.9 Å². The van der Waals surface area contributed by atoms with Gasteiger partial charge in [0, 0.05) is 23.1 Å². The molecule has 0 saturated heterocycles. The molecule has 1 N–H and O–H groups in total. The summed E-state index contributed by atoms with van der Waals surface area (Å²) in [4.78, 5) is 22.3. The second kappa shape index (κ2) is 7.73. The van der Waals surface area contributed by atoms with Crippen LogP contribution in [-0.2, 0) is 4.79 Å². The zero-order chi connectivity index (χ0) is 17.7. The van der Waals surface area contributed by atoms with Crippen molar-refractivity contribution in [1.82, 2.24) is 0 Å². The molecule has 0 aromatic heterocycles. The molecular formula is C15H12F2N2O4S. The Bertz CT molecular complexity index is 786. The molecule has 0 aliphatic rings. The highest BCUT2D eigenvalue weighted by Crippen LogP contribution is 2.29. The molecule has 126 valence electrons. The molecule has 0 atom stereocenters. The van der Waals surface area contributed by atoms with Gasteiger partial charge in [-0.25, -0.2) is 8.78 Å². The molecule has 2 aromatic rings. The predicted octanol–water partition coefficient (Wildman–Crippen LogP) is 3.61. The van der Waals surface area contributed by atoms with Gasteiger partial charge in [0.25, 0.3) is 5.69 Å². The van der Waals surface area contributed by atoms with Crippen molar-refractivity contribution in [3.63, 3.8) is 0 Å². The topological polar surface area (TPSA) is 81.5 Å². The Morgan fingerprint density at radius 2 is 2.04 bits per heavy atom. The van der Waals surface area contributed by atoms with E-state index in [0.29, 0.717) is 0 Å². The van der Waals surface area contributed by atoms with Gasteiger partial charge >= 0.3 is 0 Å². The van der Waals surface area contributed by atoms with E-state index in [2.05, 4.69) is 5.32 Å². The number of rotatable bonds is 6. The fraction of sp³-hybridized carbons (Fsp3) is 0.133. The van der Waals surface area contributed by atoms with Gasteiger partial charge in [0.05, 0.1) is 23.5 Å². The molecule has 9 heteroatoms. The first kappa shape index (κ1) is 17.7. The lowest BCUT2D eigenvalue weighted by atomic mass is 10.2. The normalized spacial score (nSPS) is 10.3. The Hall–Kier alpha value is -2.68. The van der Waals surface area contributed by atoms with Gasteiger partial charge in [0.15, 0.2) is 0 Å². The Labute approximate surface area is 140 Å². The van der Waals surface area contributed by atoms with Crippen LogP contribution in [0.15, 0.2) is 41.3 Å². The average Bonchev–Trinajstić information content (AvgIpc) is 2.53. The minimum absolute atomic E-state index is 0.123. The smallest absolute Gasteiger partial charge is 0.271 e. The fourth-order valence-corrected chi connectivity index (χ4v) is 2.55. The molecular weight excluding hydrogens is 342 g/mol. The summed E-state index contributed by atoms with van der Waals surface area (Å²) in [6.07, 6.45) is 0. The number of nitrogens with one attached hydrogen (secondary N) is 1. The van der Waals surface area contributed by atoms with Crippen LogP contribution in [0.2, 0.25) is 0 Å². The molecule has 6 nitrogen and oxygen atoms in total. The van der Waals surface area contributed by atoms with E-state index in [1.807, 2.05) is 0 Å². The number of carbonyl (C=O) groups is 1. The molecule has 0 spiro atoms. The summed E-state index contributed by atoms with van der Waals surface area (Å²) in [7, 11) is 1.36. The van der Waals surface area contributed by atoms with Crippen molar-refractivity contribution in [3.05, 3.63) is 58.1 Å². The number of halogens is 2. The van der Waals surface area contributed by atoms with E-state index in [4.69, 9.17) is 4.74 Å². The van der Waals surface area contributed by atoms with Crippen molar-refractivity contribution < 1.29 is 23.2 Å². The van der Waals surface area contributed by atoms with Crippen molar-refractivity contribution in [1.29, 1.82) is 0 Å². The van der Waals surface area contributed by atoms with Gasteiger partial charge in [0.2, 0.25) is 5.91 Å². The molecule has 1 amide bonds. The van der Waals surface area contributed by atoms with Crippen LogP contribution < -0.4 is 10.1 Å². The molecule has 0 aliphatic carbocycles. The summed E-state index contributed by atoms with van der Waals surface area (Å²) in [5, 5.41) is 13.3. The highest BCUT2D eigenvalue weighted by Gasteiger charge is 2.14. The fourth-order valence-electron chi connectivity index (χ4n) is 1.83. The number of benzene rings is 2. The van der Waals surface area contributed by atoms with E-state index in [1.54, 1.807) is 0 Å². The first-order valence-corrected chi connectivity index (χ1v) is 7.59. The maximum Gasteiger partial charge on any atom is 0.271 e. The van der Waals surface area contributed by atoms with Gasteiger partial charge in [-0.2, -0.15) is 0 Å². The third kappa shape index (κ3) is 4.42. The predicted molar refractivity (Wildman–Crippen MR) is 85.4 cm³/mol. The quantitative estimate of drug-likeness (QED) is 0.487. The molecule has 0 bridgehead atoms. The monoisotopic (exact) mass is 354 g/mol. The van der Waals surface area contributed by atoms with Crippen LogP contribution in [0.3, 0.4) is 0 Å². The van der Waals surface area contributed by atoms with Gasteiger partial charge in [-0.1, -0.05) is 0 Å². The van der Waals surface area contributed by atoms with E-state index in [9.17, 15) is 23.7 Å². The number of methoxy groups -OCH3 is 1. The highest BCUT2D eigenvalue weighted by atomic mass is 32.2. The van der Waals surface area contributed by atoms with Crippen LogP contribution in [0.1, 0.15) is 0 Å². The minimum Gasteiger partial charge on any atom is -0.495 e. The molecule has 2 aromatic carbocycles. The van der Waals surface area contributed by atoms with E-state index >= 15 is 0 Å². The van der Waals surface area contributed by atoms with Crippen molar-refractivity contribution in [2.45, 2.75) is 4.90 Å². The Morgan fingerprint density at radius 3 is 2.67 bits per heavy atom. The zero-order valence-electron chi connectivity index (χ0n) is 12.4. The van der Waals surface area contributed by atoms with Crippen molar-refractivity contribution in [3.8, 4) is 5.75 Å². The maximum atomic E-state index is 13.5. The Balaban J connectivity index is 2.06. The number of nitro groups is 1. The van der Waals surface area contributed by atoms with E-state index in [1.165, 1.54) is 31.4 Å². The van der Waals surface area contributed by atoms with Crippen LogP contribution in [-0.4, -0.2) is 23.7 Å². The minimum atomic E-state index is -0.763. The lowest BCUT2D eigenvalue weighted by Crippen LogP contribution is -2.15. The van der Waals surface area contributed by atoms with Gasteiger partial charge in [-0.05, 0) is 18.2 Å². The van der Waals surface area contributed by atoms with Gasteiger partial charge in [-0.3, -0.25) is 14.9 Å². The molecule has 0 aliphatic heterocycles. The first-order chi connectivity index (χ1) is 11.4. The zero-order valence-corrected chi connectivity index (χ0v) is 13.2. The average molecular weight is 354 g/mol. The Kier molecular flexibility index (Phi) is 5.69. The van der Waals surface area contributed by atoms with Gasteiger partial charge in [0.1, 0.15) is 17.4 Å². The third-order valence-electron chi connectivity index (χ3n) is 2.92. The standard InChI is InChI=1S/C15H12F2N2O4S/c1-23-13-4-3-10(19(21)22)7-12(13)18-15(20)8-24-14-5-2-9(16)6-11(14)17/h2-7H,8H2,1H3,(H,18,20). The third-order valence-corrected chi connectivity index (χ3v) is 3.97.